The Morgan fingerprint density at radius 1 is 1.27 bits per heavy atom. The average molecular weight is 321 g/mol. The van der Waals surface area contributed by atoms with Crippen LogP contribution in [0.25, 0.3) is 0 Å². The van der Waals surface area contributed by atoms with Gasteiger partial charge in [0.2, 0.25) is 0 Å². The normalized spacial score (nSPS) is 23.1. The third-order valence-corrected chi connectivity index (χ3v) is 6.44. The molecule has 0 radical (unpaired) electrons. The third-order valence-electron chi connectivity index (χ3n) is 5.21. The Labute approximate surface area is 137 Å². The summed E-state index contributed by atoms with van der Waals surface area (Å²) in [6.07, 6.45) is 5.62. The summed E-state index contributed by atoms with van der Waals surface area (Å²) >= 11 is 1.72. The first-order chi connectivity index (χ1) is 10.4. The van der Waals surface area contributed by atoms with Crippen LogP contribution in [0.2, 0.25) is 0 Å². The maximum Gasteiger partial charge on any atom is 0.261 e. The maximum atomic E-state index is 12.5. The van der Waals surface area contributed by atoms with Crippen LogP contribution in [0, 0.1) is 11.3 Å². The molecule has 1 fully saturated rings. The van der Waals surface area contributed by atoms with Gasteiger partial charge in [-0.1, -0.05) is 20.8 Å². The molecule has 1 aromatic heterocycles. The Morgan fingerprint density at radius 2 is 2.00 bits per heavy atom. The maximum absolute atomic E-state index is 12.5. The van der Waals surface area contributed by atoms with Crippen LogP contribution in [0.4, 0.5) is 0 Å². The second-order valence-corrected chi connectivity index (χ2v) is 9.00. The molecule has 0 saturated carbocycles. The van der Waals surface area contributed by atoms with E-state index in [0.717, 1.165) is 49.6 Å². The van der Waals surface area contributed by atoms with Crippen molar-refractivity contribution in [1.82, 2.24) is 10.6 Å². The minimum absolute atomic E-state index is 0.138. The molecule has 1 aliphatic heterocycles. The molecule has 0 spiro atoms. The van der Waals surface area contributed by atoms with Crippen molar-refractivity contribution in [3.05, 3.63) is 21.4 Å². The first-order valence-electron chi connectivity index (χ1n) is 8.56. The number of amides is 1. The van der Waals surface area contributed by atoms with Gasteiger partial charge in [-0.2, -0.15) is 0 Å². The molecule has 0 bridgehead atoms. The predicted molar refractivity (Wildman–Crippen MR) is 92.6 cm³/mol. The van der Waals surface area contributed by atoms with Crippen LogP contribution in [-0.2, 0) is 12.8 Å². The van der Waals surface area contributed by atoms with Crippen LogP contribution in [0.5, 0.6) is 0 Å². The van der Waals surface area contributed by atoms with E-state index in [9.17, 15) is 4.79 Å². The fraction of sp³-hybridized carbons (Fsp3) is 0.722. The Balaban J connectivity index is 1.67. The van der Waals surface area contributed by atoms with Crippen molar-refractivity contribution >= 4 is 17.2 Å². The second-order valence-electron chi connectivity index (χ2n) is 7.86. The topological polar surface area (TPSA) is 41.1 Å². The molecular weight excluding hydrogens is 292 g/mol. The van der Waals surface area contributed by atoms with Crippen LogP contribution >= 0.6 is 11.3 Å². The minimum Gasteiger partial charge on any atom is -0.349 e. The summed E-state index contributed by atoms with van der Waals surface area (Å²) in [7, 11) is 0. The lowest BCUT2D eigenvalue weighted by molar-refractivity contribution is 0.0933. The number of rotatable bonds is 2. The van der Waals surface area contributed by atoms with Crippen molar-refractivity contribution < 1.29 is 4.79 Å². The van der Waals surface area contributed by atoms with Crippen molar-refractivity contribution in [3.63, 3.8) is 0 Å². The van der Waals surface area contributed by atoms with Crippen LogP contribution in [-0.4, -0.2) is 25.0 Å². The Hall–Kier alpha value is -0.870. The first-order valence-corrected chi connectivity index (χ1v) is 9.38. The number of carbonyl (C=O) groups is 1. The summed E-state index contributed by atoms with van der Waals surface area (Å²) in [5, 5.41) is 6.55. The summed E-state index contributed by atoms with van der Waals surface area (Å²) in [5.74, 6) is 0.869. The van der Waals surface area contributed by atoms with Gasteiger partial charge < -0.3 is 10.6 Å². The molecule has 22 heavy (non-hydrogen) atoms. The van der Waals surface area contributed by atoms with E-state index in [-0.39, 0.29) is 5.91 Å². The van der Waals surface area contributed by atoms with Crippen LogP contribution < -0.4 is 10.6 Å². The van der Waals surface area contributed by atoms with E-state index in [0.29, 0.717) is 11.5 Å². The number of thiophene rings is 1. The number of fused-ring (bicyclic) bond motifs is 1. The zero-order chi connectivity index (χ0) is 15.7. The van der Waals surface area contributed by atoms with E-state index in [2.05, 4.69) is 37.5 Å². The highest BCUT2D eigenvalue weighted by atomic mass is 32.1. The molecule has 2 aliphatic rings. The number of carbonyl (C=O) groups excluding carboxylic acids is 1. The van der Waals surface area contributed by atoms with Crippen LogP contribution in [0.1, 0.15) is 60.1 Å². The number of aryl methyl sites for hydroxylation is 1. The summed E-state index contributed by atoms with van der Waals surface area (Å²) in [6, 6.07) is 2.50. The van der Waals surface area contributed by atoms with E-state index in [1.54, 1.807) is 11.3 Å². The van der Waals surface area contributed by atoms with Crippen LogP contribution in [0.15, 0.2) is 6.07 Å². The Morgan fingerprint density at radius 3 is 2.68 bits per heavy atom. The van der Waals surface area contributed by atoms with Gasteiger partial charge in [0.1, 0.15) is 0 Å². The molecule has 3 rings (SSSR count). The van der Waals surface area contributed by atoms with Gasteiger partial charge in [-0.05, 0) is 68.2 Å². The fourth-order valence-corrected chi connectivity index (χ4v) is 4.71. The van der Waals surface area contributed by atoms with Gasteiger partial charge in [-0.25, -0.2) is 0 Å². The summed E-state index contributed by atoms with van der Waals surface area (Å²) in [4.78, 5) is 14.8. The zero-order valence-corrected chi connectivity index (χ0v) is 14.8. The summed E-state index contributed by atoms with van der Waals surface area (Å²) in [6.45, 7) is 9.03. The molecule has 4 heteroatoms. The van der Waals surface area contributed by atoms with Crippen molar-refractivity contribution in [3.8, 4) is 0 Å². The van der Waals surface area contributed by atoms with Gasteiger partial charge in [-0.3, -0.25) is 4.79 Å². The van der Waals surface area contributed by atoms with Crippen LogP contribution in [0.3, 0.4) is 0 Å². The van der Waals surface area contributed by atoms with E-state index >= 15 is 0 Å². The molecule has 122 valence electrons. The van der Waals surface area contributed by atoms with Crippen molar-refractivity contribution in [1.29, 1.82) is 0 Å². The highest BCUT2D eigenvalue weighted by Gasteiger charge is 2.30. The van der Waals surface area contributed by atoms with E-state index in [1.807, 2.05) is 0 Å². The SMILES string of the molecule is CC(C)(C)C1CCc2sc(C(=O)NC3CCNCC3)cc2C1. The minimum atomic E-state index is 0.138. The van der Waals surface area contributed by atoms with Crippen molar-refractivity contribution in [2.24, 2.45) is 11.3 Å². The highest BCUT2D eigenvalue weighted by molar-refractivity contribution is 7.14. The quantitative estimate of drug-likeness (QED) is 0.877. The lowest BCUT2D eigenvalue weighted by atomic mass is 9.72. The number of hydrogen-bond donors (Lipinski definition) is 2. The molecule has 2 heterocycles. The number of nitrogens with one attached hydrogen (secondary N) is 2. The largest absolute Gasteiger partial charge is 0.349 e. The third kappa shape index (κ3) is 3.54. The highest BCUT2D eigenvalue weighted by Crippen LogP contribution is 2.40. The monoisotopic (exact) mass is 320 g/mol. The summed E-state index contributed by atoms with van der Waals surface area (Å²) < 4.78 is 0. The molecule has 3 nitrogen and oxygen atoms in total. The first kappa shape index (κ1) is 16.0. The molecule has 2 N–H and O–H groups in total. The summed E-state index contributed by atoms with van der Waals surface area (Å²) in [5.41, 5.74) is 1.78. The van der Waals surface area contributed by atoms with Gasteiger partial charge in [0.05, 0.1) is 4.88 Å². The van der Waals surface area contributed by atoms with E-state index in [4.69, 9.17) is 0 Å². The van der Waals surface area contributed by atoms with Crippen molar-refractivity contribution in [2.45, 2.75) is 58.9 Å². The molecule has 1 amide bonds. The standard InChI is InChI=1S/C18H28N2OS/c1-18(2,3)13-4-5-15-12(10-13)11-16(22-15)17(21)20-14-6-8-19-9-7-14/h11,13-14,19H,4-10H2,1-3H3,(H,20,21). The average Bonchev–Trinajstić information content (AvgIpc) is 2.90. The molecule has 1 aliphatic carbocycles. The van der Waals surface area contributed by atoms with Gasteiger partial charge in [-0.15, -0.1) is 11.3 Å². The Bertz CT molecular complexity index is 538. The molecule has 0 aromatic carbocycles. The molecule has 1 saturated heterocycles. The van der Waals surface area contributed by atoms with E-state index < -0.39 is 0 Å². The predicted octanol–water partition coefficient (Wildman–Crippen LogP) is 3.38. The molecular formula is C18H28N2OS. The van der Waals surface area contributed by atoms with Gasteiger partial charge in [0.15, 0.2) is 0 Å². The van der Waals surface area contributed by atoms with Gasteiger partial charge >= 0.3 is 0 Å². The molecule has 1 aromatic rings. The smallest absolute Gasteiger partial charge is 0.261 e. The second kappa shape index (κ2) is 6.32. The number of hydrogen-bond acceptors (Lipinski definition) is 3. The number of piperidine rings is 1. The van der Waals surface area contributed by atoms with Gasteiger partial charge in [0.25, 0.3) is 5.91 Å². The van der Waals surface area contributed by atoms with Crippen molar-refractivity contribution in [2.75, 3.05) is 13.1 Å². The van der Waals surface area contributed by atoms with Gasteiger partial charge in [0, 0.05) is 10.9 Å². The lowest BCUT2D eigenvalue weighted by Gasteiger charge is -2.33. The molecule has 1 unspecified atom stereocenters. The zero-order valence-electron chi connectivity index (χ0n) is 14.0. The fourth-order valence-electron chi connectivity index (χ4n) is 3.60. The van der Waals surface area contributed by atoms with E-state index in [1.165, 1.54) is 16.9 Å². The Kier molecular flexibility index (Phi) is 4.60. The molecule has 1 atom stereocenters. The lowest BCUT2D eigenvalue weighted by Crippen LogP contribution is -2.42.